The second kappa shape index (κ2) is 10.8. The molecule has 0 fully saturated rings. The van der Waals surface area contributed by atoms with Gasteiger partial charge in [-0.1, -0.05) is 0 Å². The predicted molar refractivity (Wildman–Crippen MR) is 112 cm³/mol. The van der Waals surface area contributed by atoms with E-state index in [0.29, 0.717) is 6.07 Å². The summed E-state index contributed by atoms with van der Waals surface area (Å²) in [5.74, 6) is -4.77. The van der Waals surface area contributed by atoms with Gasteiger partial charge in [0.15, 0.2) is 17.5 Å². The fourth-order valence-corrected chi connectivity index (χ4v) is 2.92. The minimum Gasteiger partial charge on any atom is -0.333 e. The normalized spacial score (nSPS) is 14.8. The summed E-state index contributed by atoms with van der Waals surface area (Å²) < 4.78 is 89.0. The number of nitrogens with zero attached hydrogens (tertiary/aromatic N) is 4. The van der Waals surface area contributed by atoms with E-state index in [1.54, 1.807) is 0 Å². The van der Waals surface area contributed by atoms with E-state index in [1.807, 2.05) is 20.8 Å². The van der Waals surface area contributed by atoms with Crippen molar-refractivity contribution in [3.8, 4) is 0 Å². The minimum absolute atomic E-state index is 0.0152. The minimum atomic E-state index is -4.62. The molecule has 2 aromatic rings. The maximum absolute atomic E-state index is 13.6. The lowest BCUT2D eigenvalue weighted by atomic mass is 10.1. The Bertz CT molecular complexity index is 1050. The molecule has 1 aliphatic heterocycles. The number of amides is 1. The molecule has 0 spiro atoms. The molecule has 2 N–H and O–H groups in total. The highest BCUT2D eigenvalue weighted by molar-refractivity contribution is 7.84. The van der Waals surface area contributed by atoms with E-state index in [2.05, 4.69) is 10.2 Å². The standard InChI is InChI=1S/C16H14F6N4O.C4H11NOS/c17-10-7-12(19)11(18)6-9(10)2-1-3-14(27)25-4-5-26-13(8-25)23-24-15(26)16(20,21)22;1-4(2,3)7(5)6/h6-7H,1-5,8H2;5H2,1-3H3. The van der Waals surface area contributed by atoms with Crippen molar-refractivity contribution >= 4 is 16.9 Å². The summed E-state index contributed by atoms with van der Waals surface area (Å²) in [4.78, 5) is 13.6. The Kier molecular flexibility index (Phi) is 8.86. The van der Waals surface area contributed by atoms with Crippen LogP contribution in [0, 0.1) is 17.5 Å². The van der Waals surface area contributed by atoms with Gasteiger partial charge in [0.25, 0.3) is 0 Å². The zero-order valence-corrected chi connectivity index (χ0v) is 19.6. The zero-order valence-electron chi connectivity index (χ0n) is 18.8. The van der Waals surface area contributed by atoms with E-state index in [9.17, 15) is 35.3 Å². The van der Waals surface area contributed by atoms with Gasteiger partial charge in [-0.3, -0.25) is 9.93 Å². The fourth-order valence-electron chi connectivity index (χ4n) is 2.92. The van der Waals surface area contributed by atoms with Crippen molar-refractivity contribution < 1.29 is 35.3 Å². The average Bonchev–Trinajstić information content (AvgIpc) is 3.15. The number of aryl methyl sites for hydroxylation is 1. The van der Waals surface area contributed by atoms with Crippen LogP contribution in [0.25, 0.3) is 0 Å². The van der Waals surface area contributed by atoms with E-state index >= 15 is 0 Å². The third kappa shape index (κ3) is 7.26. The summed E-state index contributed by atoms with van der Waals surface area (Å²) >= 11 is 0. The second-order valence-electron chi connectivity index (χ2n) is 8.53. The molecule has 0 saturated heterocycles. The molecular weight excluding hydrogens is 488 g/mol. The summed E-state index contributed by atoms with van der Waals surface area (Å²) in [6.45, 7) is 5.38. The first-order valence-electron chi connectivity index (χ1n) is 10.2. The molecule has 190 valence electrons. The van der Waals surface area contributed by atoms with Gasteiger partial charge in [0.05, 0.1) is 22.3 Å². The summed E-state index contributed by atoms with van der Waals surface area (Å²) in [6.07, 6.45) is -4.43. The number of nitrogens with two attached hydrogens (primary N) is 1. The highest BCUT2D eigenvalue weighted by atomic mass is 32.2. The molecule has 1 aliphatic rings. The Balaban J connectivity index is 0.000000509. The van der Waals surface area contributed by atoms with Gasteiger partial charge in [-0.2, -0.15) is 13.2 Å². The molecule has 0 aliphatic carbocycles. The molecule has 0 saturated carbocycles. The number of carbonyl (C=O) groups excluding carboxylic acids is 1. The Morgan fingerprint density at radius 3 is 2.21 bits per heavy atom. The lowest BCUT2D eigenvalue weighted by Gasteiger charge is -2.28. The van der Waals surface area contributed by atoms with Crippen LogP contribution in [-0.4, -0.2) is 41.1 Å². The molecule has 1 aromatic carbocycles. The molecule has 3 rings (SSSR count). The van der Waals surface area contributed by atoms with E-state index in [1.165, 1.54) is 4.90 Å². The first-order chi connectivity index (χ1) is 15.6. The SMILES string of the molecule is CC(C)(C)S(N)=O.O=C(CCCc1cc(F)c(F)cc1F)N1CCn2c(nnc2C(F)(F)F)C1. The molecule has 1 unspecified atom stereocenters. The first kappa shape index (κ1) is 27.8. The molecule has 14 heteroatoms. The summed E-state index contributed by atoms with van der Waals surface area (Å²) in [7, 11) is -1.18. The van der Waals surface area contributed by atoms with Crippen molar-refractivity contribution in [1.82, 2.24) is 19.7 Å². The highest BCUT2D eigenvalue weighted by Crippen LogP contribution is 2.29. The zero-order chi connectivity index (χ0) is 25.8. The highest BCUT2D eigenvalue weighted by Gasteiger charge is 2.39. The van der Waals surface area contributed by atoms with Crippen molar-refractivity contribution in [2.45, 2.75) is 64.0 Å². The second-order valence-corrected chi connectivity index (χ2v) is 10.3. The van der Waals surface area contributed by atoms with Crippen molar-refractivity contribution in [3.63, 3.8) is 0 Å². The van der Waals surface area contributed by atoms with Crippen LogP contribution in [0.2, 0.25) is 0 Å². The molecule has 1 amide bonds. The number of halogens is 6. The van der Waals surface area contributed by atoms with Gasteiger partial charge in [0.1, 0.15) is 5.82 Å². The van der Waals surface area contributed by atoms with Gasteiger partial charge in [-0.15, -0.1) is 10.2 Å². The molecule has 0 radical (unpaired) electrons. The van der Waals surface area contributed by atoms with Crippen molar-refractivity contribution in [1.29, 1.82) is 0 Å². The van der Waals surface area contributed by atoms with Crippen LogP contribution in [0.4, 0.5) is 26.3 Å². The summed E-state index contributed by atoms with van der Waals surface area (Å²) in [5, 5.41) is 11.7. The number of aromatic nitrogens is 3. The van der Waals surface area contributed by atoms with Crippen LogP contribution in [0.3, 0.4) is 0 Å². The number of benzene rings is 1. The molecule has 1 aromatic heterocycles. The van der Waals surface area contributed by atoms with E-state index in [0.717, 1.165) is 10.6 Å². The monoisotopic (exact) mass is 513 g/mol. The van der Waals surface area contributed by atoms with Gasteiger partial charge in [0.2, 0.25) is 11.7 Å². The Morgan fingerprint density at radius 1 is 1.06 bits per heavy atom. The van der Waals surface area contributed by atoms with Gasteiger partial charge in [0, 0.05) is 25.6 Å². The van der Waals surface area contributed by atoms with Crippen molar-refractivity contribution in [3.05, 3.63) is 46.8 Å². The van der Waals surface area contributed by atoms with E-state index in [4.69, 9.17) is 5.14 Å². The van der Waals surface area contributed by atoms with Crippen LogP contribution in [0.15, 0.2) is 12.1 Å². The van der Waals surface area contributed by atoms with Crippen LogP contribution in [0.5, 0.6) is 0 Å². The Hall–Kier alpha value is -2.48. The van der Waals surface area contributed by atoms with E-state index in [-0.39, 0.29) is 60.9 Å². The smallest absolute Gasteiger partial charge is 0.333 e. The predicted octanol–water partition coefficient (Wildman–Crippen LogP) is 3.49. The van der Waals surface area contributed by atoms with Crippen LogP contribution in [0.1, 0.15) is 50.8 Å². The third-order valence-corrected chi connectivity index (χ3v) is 6.10. The molecule has 1 atom stereocenters. The molecule has 34 heavy (non-hydrogen) atoms. The number of alkyl halides is 3. The molecular formula is C20H25F6N5O2S. The fraction of sp³-hybridized carbons (Fsp3) is 0.550. The van der Waals surface area contributed by atoms with Crippen molar-refractivity contribution in [2.24, 2.45) is 5.14 Å². The Morgan fingerprint density at radius 2 is 1.65 bits per heavy atom. The maximum Gasteiger partial charge on any atom is 0.451 e. The van der Waals surface area contributed by atoms with Crippen molar-refractivity contribution in [2.75, 3.05) is 6.54 Å². The molecule has 0 bridgehead atoms. The topological polar surface area (TPSA) is 94.1 Å². The molecule has 2 heterocycles. The quantitative estimate of drug-likeness (QED) is 0.500. The van der Waals surface area contributed by atoms with Gasteiger partial charge >= 0.3 is 6.18 Å². The number of carbonyl (C=O) groups is 1. The lowest BCUT2D eigenvalue weighted by molar-refractivity contribution is -0.148. The number of hydrogen-bond acceptors (Lipinski definition) is 4. The van der Waals surface area contributed by atoms with Gasteiger partial charge in [-0.25, -0.2) is 17.4 Å². The maximum atomic E-state index is 13.6. The van der Waals surface area contributed by atoms with Gasteiger partial charge < -0.3 is 9.47 Å². The Labute approximate surface area is 194 Å². The lowest BCUT2D eigenvalue weighted by Crippen LogP contribution is -2.39. The summed E-state index contributed by atoms with van der Waals surface area (Å²) in [6, 6.07) is 1.19. The number of rotatable bonds is 4. The number of fused-ring (bicyclic) bond motifs is 1. The van der Waals surface area contributed by atoms with Crippen LogP contribution >= 0.6 is 0 Å². The summed E-state index contributed by atoms with van der Waals surface area (Å²) in [5.41, 5.74) is -0.0464. The van der Waals surface area contributed by atoms with Crippen LogP contribution < -0.4 is 5.14 Å². The third-order valence-electron chi connectivity index (χ3n) is 4.89. The van der Waals surface area contributed by atoms with Crippen LogP contribution in [-0.2, 0) is 41.5 Å². The van der Waals surface area contributed by atoms with Gasteiger partial charge in [-0.05, 0) is 45.2 Å². The average molecular weight is 514 g/mol. The molecule has 7 nitrogen and oxygen atoms in total. The van der Waals surface area contributed by atoms with E-state index < -0.39 is 40.4 Å². The number of hydrogen-bond donors (Lipinski definition) is 1. The largest absolute Gasteiger partial charge is 0.451 e. The first-order valence-corrected chi connectivity index (χ1v) is 11.4.